The Hall–Kier alpha value is -2.01. The van der Waals surface area contributed by atoms with Gasteiger partial charge < -0.3 is 19.7 Å². The summed E-state index contributed by atoms with van der Waals surface area (Å²) in [6.07, 6.45) is 0. The second-order valence-corrected chi connectivity index (χ2v) is 8.70. The van der Waals surface area contributed by atoms with Gasteiger partial charge >= 0.3 is 5.97 Å². The van der Waals surface area contributed by atoms with Gasteiger partial charge in [-0.05, 0) is 69.4 Å². The van der Waals surface area contributed by atoms with E-state index in [1.54, 1.807) is 18.2 Å². The summed E-state index contributed by atoms with van der Waals surface area (Å²) in [5.41, 5.74) is 0.490. The first kappa shape index (κ1) is 17.1. The Labute approximate surface area is 181 Å². The van der Waals surface area contributed by atoms with Crippen molar-refractivity contribution in [3.63, 3.8) is 0 Å². The summed E-state index contributed by atoms with van der Waals surface area (Å²) in [7, 11) is 0. The molecular weight excluding hydrogens is 574 g/mol. The molecule has 27 heavy (non-hydrogen) atoms. The van der Waals surface area contributed by atoms with E-state index in [9.17, 15) is 15.0 Å². The van der Waals surface area contributed by atoms with Crippen LogP contribution in [0.15, 0.2) is 48.5 Å². The smallest absolute Gasteiger partial charge is 0.340 e. The molecule has 0 radical (unpaired) electrons. The van der Waals surface area contributed by atoms with Crippen LogP contribution in [-0.4, -0.2) is 16.2 Å². The molecular formula is C20H10I2O5. The van der Waals surface area contributed by atoms with Crippen molar-refractivity contribution in [2.24, 2.45) is 0 Å². The quantitative estimate of drug-likeness (QED) is 0.224. The topological polar surface area (TPSA) is 76.0 Å². The maximum Gasteiger partial charge on any atom is 0.340 e. The fraction of sp³-hybridized carbons (Fsp3) is 0.0500. The van der Waals surface area contributed by atoms with E-state index in [0.717, 1.165) is 3.57 Å². The number of aromatic hydroxyl groups is 2. The molecule has 0 aromatic heterocycles. The van der Waals surface area contributed by atoms with Crippen molar-refractivity contribution in [3.05, 3.63) is 77.9 Å². The van der Waals surface area contributed by atoms with Crippen LogP contribution in [0.4, 0.5) is 0 Å². The third-order valence-corrected chi connectivity index (χ3v) is 6.32. The van der Waals surface area contributed by atoms with Crippen LogP contribution in [-0.2, 0) is 10.3 Å². The zero-order chi connectivity index (χ0) is 18.9. The molecule has 2 aliphatic heterocycles. The largest absolute Gasteiger partial charge is 0.504 e. The van der Waals surface area contributed by atoms with Crippen LogP contribution in [0, 0.1) is 7.14 Å². The lowest BCUT2D eigenvalue weighted by Gasteiger charge is -2.37. The average molecular weight is 584 g/mol. The highest BCUT2D eigenvalue weighted by Gasteiger charge is 2.55. The van der Waals surface area contributed by atoms with Gasteiger partial charge in [0.05, 0.1) is 14.7 Å². The number of halogens is 2. The molecule has 0 amide bonds. The van der Waals surface area contributed by atoms with E-state index >= 15 is 0 Å². The van der Waals surface area contributed by atoms with Crippen LogP contribution in [0.1, 0.15) is 27.0 Å². The molecule has 134 valence electrons. The van der Waals surface area contributed by atoms with Gasteiger partial charge in [0.1, 0.15) is 5.75 Å². The van der Waals surface area contributed by atoms with Gasteiger partial charge in [0, 0.05) is 20.8 Å². The van der Waals surface area contributed by atoms with Crippen molar-refractivity contribution < 1.29 is 24.5 Å². The summed E-state index contributed by atoms with van der Waals surface area (Å²) in [6.45, 7) is 0. The SMILES string of the molecule is O=C1OC2(c3cc(I)ccc3Oc3c(I)cc(O)c(O)c32)c2ccccc21. The fourth-order valence-electron chi connectivity index (χ4n) is 3.75. The van der Waals surface area contributed by atoms with Crippen LogP contribution >= 0.6 is 45.2 Å². The molecule has 0 fully saturated rings. The second-order valence-electron chi connectivity index (χ2n) is 6.29. The number of phenols is 2. The molecule has 0 aliphatic carbocycles. The Morgan fingerprint density at radius 1 is 0.963 bits per heavy atom. The number of carbonyl (C=O) groups is 1. The number of esters is 1. The lowest BCUT2D eigenvalue weighted by Crippen LogP contribution is -2.33. The molecule has 5 nitrogen and oxygen atoms in total. The van der Waals surface area contributed by atoms with Gasteiger partial charge in [0.25, 0.3) is 0 Å². The molecule has 0 saturated heterocycles. The van der Waals surface area contributed by atoms with Crippen molar-refractivity contribution >= 4 is 51.2 Å². The van der Waals surface area contributed by atoms with E-state index in [1.807, 2.05) is 46.9 Å². The van der Waals surface area contributed by atoms with Crippen LogP contribution in [0.3, 0.4) is 0 Å². The number of fused-ring (bicyclic) bond motifs is 6. The second kappa shape index (κ2) is 5.74. The monoisotopic (exact) mass is 584 g/mol. The Morgan fingerprint density at radius 2 is 1.74 bits per heavy atom. The highest BCUT2D eigenvalue weighted by molar-refractivity contribution is 14.1. The van der Waals surface area contributed by atoms with Crippen LogP contribution in [0.2, 0.25) is 0 Å². The molecule has 2 N–H and O–H groups in total. The van der Waals surface area contributed by atoms with Crippen LogP contribution in [0.25, 0.3) is 0 Å². The standard InChI is InChI=1S/C20H10I2O5/c21-9-5-6-15-12(7-9)20(11-4-2-1-3-10(11)19(25)27-20)16-17(24)14(23)8-13(22)18(16)26-15/h1-8,23-24H. The van der Waals surface area contributed by atoms with Crippen molar-refractivity contribution in [1.29, 1.82) is 0 Å². The van der Waals surface area contributed by atoms with Gasteiger partial charge in [-0.15, -0.1) is 0 Å². The van der Waals surface area contributed by atoms with Gasteiger partial charge in [-0.25, -0.2) is 4.79 Å². The summed E-state index contributed by atoms with van der Waals surface area (Å²) < 4.78 is 13.5. The molecule has 1 atom stereocenters. The number of benzene rings is 3. The minimum atomic E-state index is -1.39. The van der Waals surface area contributed by atoms with Crippen molar-refractivity contribution in [2.75, 3.05) is 0 Å². The lowest BCUT2D eigenvalue weighted by molar-refractivity contribution is 0.0215. The Balaban J connectivity index is 1.99. The molecule has 1 spiro atoms. The predicted octanol–water partition coefficient (Wildman–Crippen LogP) is 4.88. The molecule has 3 aromatic rings. The first-order chi connectivity index (χ1) is 12.9. The number of hydrogen-bond donors (Lipinski definition) is 2. The summed E-state index contributed by atoms with van der Waals surface area (Å²) in [6, 6.07) is 14.1. The van der Waals surface area contributed by atoms with Crippen molar-refractivity contribution in [2.45, 2.75) is 5.60 Å². The van der Waals surface area contributed by atoms with E-state index in [-0.39, 0.29) is 17.1 Å². The highest BCUT2D eigenvalue weighted by atomic mass is 127. The van der Waals surface area contributed by atoms with Gasteiger partial charge in [0.2, 0.25) is 0 Å². The predicted molar refractivity (Wildman–Crippen MR) is 113 cm³/mol. The molecule has 3 aromatic carbocycles. The fourth-order valence-corrected chi connectivity index (χ4v) is 4.92. The molecule has 2 heterocycles. The van der Waals surface area contributed by atoms with Gasteiger partial charge in [-0.2, -0.15) is 0 Å². The van der Waals surface area contributed by atoms with E-state index in [1.165, 1.54) is 6.07 Å². The average Bonchev–Trinajstić information content (AvgIpc) is 2.94. The van der Waals surface area contributed by atoms with E-state index in [0.29, 0.717) is 31.8 Å². The first-order valence-electron chi connectivity index (χ1n) is 7.99. The number of carbonyl (C=O) groups excluding carboxylic acids is 1. The highest BCUT2D eigenvalue weighted by Crippen LogP contribution is 2.60. The number of rotatable bonds is 0. The Kier molecular flexibility index (Phi) is 3.64. The van der Waals surface area contributed by atoms with Gasteiger partial charge in [-0.1, -0.05) is 18.2 Å². The molecule has 0 saturated carbocycles. The van der Waals surface area contributed by atoms with E-state index in [2.05, 4.69) is 22.6 Å². The summed E-state index contributed by atoms with van der Waals surface area (Å²) in [5, 5.41) is 21.0. The summed E-state index contributed by atoms with van der Waals surface area (Å²) in [4.78, 5) is 12.7. The van der Waals surface area contributed by atoms with E-state index in [4.69, 9.17) is 9.47 Å². The van der Waals surface area contributed by atoms with Crippen LogP contribution < -0.4 is 4.74 Å². The number of hydrogen-bond acceptors (Lipinski definition) is 5. The van der Waals surface area contributed by atoms with Crippen LogP contribution in [0.5, 0.6) is 23.0 Å². The third kappa shape index (κ3) is 2.18. The Bertz CT molecular complexity index is 1160. The maximum absolute atomic E-state index is 12.7. The minimum Gasteiger partial charge on any atom is -0.504 e. The van der Waals surface area contributed by atoms with Crippen molar-refractivity contribution in [1.82, 2.24) is 0 Å². The summed E-state index contributed by atoms with van der Waals surface area (Å²) in [5.74, 6) is -0.240. The number of phenolic OH excluding ortho intramolecular Hbond substituents is 2. The first-order valence-corrected chi connectivity index (χ1v) is 10.1. The molecule has 2 aliphatic rings. The molecule has 1 unspecified atom stereocenters. The number of ether oxygens (including phenoxy) is 2. The minimum absolute atomic E-state index is 0.236. The molecule has 5 rings (SSSR count). The third-order valence-electron chi connectivity index (χ3n) is 4.84. The zero-order valence-electron chi connectivity index (χ0n) is 13.5. The molecule has 0 bridgehead atoms. The summed E-state index contributed by atoms with van der Waals surface area (Å²) >= 11 is 4.20. The lowest BCUT2D eigenvalue weighted by atomic mass is 9.77. The van der Waals surface area contributed by atoms with Gasteiger partial charge in [-0.3, -0.25) is 0 Å². The zero-order valence-corrected chi connectivity index (χ0v) is 17.8. The van der Waals surface area contributed by atoms with E-state index < -0.39 is 11.6 Å². The maximum atomic E-state index is 12.7. The molecule has 7 heteroatoms. The normalized spacial score (nSPS) is 19.1. The van der Waals surface area contributed by atoms with Crippen molar-refractivity contribution in [3.8, 4) is 23.0 Å². The Morgan fingerprint density at radius 3 is 2.56 bits per heavy atom. The van der Waals surface area contributed by atoms with Gasteiger partial charge in [0.15, 0.2) is 22.8 Å².